The summed E-state index contributed by atoms with van der Waals surface area (Å²) in [6.45, 7) is 0. The molecule has 68 valence electrons. The van der Waals surface area contributed by atoms with Crippen LogP contribution in [0.15, 0.2) is 18.3 Å². The van der Waals surface area contributed by atoms with E-state index in [2.05, 4.69) is 0 Å². The van der Waals surface area contributed by atoms with Gasteiger partial charge in [-0.2, -0.15) is 0 Å². The van der Waals surface area contributed by atoms with Gasteiger partial charge in [0.25, 0.3) is 0 Å². The SMILES string of the molecule is O=Cc1cccn1C1(C(=O)O)CC1. The number of hydrogen-bond acceptors (Lipinski definition) is 2. The standard InChI is InChI=1S/C9H9NO3/c11-6-7-2-1-5-10(7)9(3-4-9)8(12)13/h1-2,5-6H,3-4H2,(H,12,13). The molecule has 0 amide bonds. The lowest BCUT2D eigenvalue weighted by molar-refractivity contribution is -0.142. The lowest BCUT2D eigenvalue weighted by atomic mass is 10.2. The highest BCUT2D eigenvalue weighted by Gasteiger charge is 2.52. The molecule has 0 unspecified atom stereocenters. The minimum absolute atomic E-state index is 0.430. The van der Waals surface area contributed by atoms with Gasteiger partial charge in [-0.15, -0.1) is 0 Å². The second-order valence-corrected chi connectivity index (χ2v) is 3.26. The van der Waals surface area contributed by atoms with Crippen molar-refractivity contribution in [2.75, 3.05) is 0 Å². The second kappa shape index (κ2) is 2.45. The predicted octanol–water partition coefficient (Wildman–Crippen LogP) is 0.874. The molecule has 1 aliphatic rings. The van der Waals surface area contributed by atoms with Crippen molar-refractivity contribution >= 4 is 12.3 Å². The normalized spacial score (nSPS) is 18.2. The molecule has 0 atom stereocenters. The van der Waals surface area contributed by atoms with Crippen LogP contribution in [-0.2, 0) is 10.3 Å². The van der Waals surface area contributed by atoms with Crippen LogP contribution < -0.4 is 0 Å². The summed E-state index contributed by atoms with van der Waals surface area (Å²) in [5, 5.41) is 8.96. The van der Waals surface area contributed by atoms with E-state index in [1.807, 2.05) is 0 Å². The molecule has 0 spiro atoms. The van der Waals surface area contributed by atoms with Gasteiger partial charge in [-0.05, 0) is 25.0 Å². The van der Waals surface area contributed by atoms with Gasteiger partial charge in [0.1, 0.15) is 5.54 Å². The summed E-state index contributed by atoms with van der Waals surface area (Å²) < 4.78 is 1.54. The summed E-state index contributed by atoms with van der Waals surface area (Å²) in [6.07, 6.45) is 3.55. The highest BCUT2D eigenvalue weighted by atomic mass is 16.4. The first-order valence-electron chi connectivity index (χ1n) is 4.07. The van der Waals surface area contributed by atoms with Crippen molar-refractivity contribution in [3.8, 4) is 0 Å². The molecule has 0 bridgehead atoms. The Morgan fingerprint density at radius 2 is 2.31 bits per heavy atom. The minimum Gasteiger partial charge on any atom is -0.479 e. The first-order valence-corrected chi connectivity index (χ1v) is 4.07. The van der Waals surface area contributed by atoms with Crippen molar-refractivity contribution in [3.05, 3.63) is 24.0 Å². The van der Waals surface area contributed by atoms with E-state index in [0.29, 0.717) is 24.8 Å². The van der Waals surface area contributed by atoms with Crippen LogP contribution in [0.25, 0.3) is 0 Å². The van der Waals surface area contributed by atoms with Crippen LogP contribution in [0.3, 0.4) is 0 Å². The Morgan fingerprint density at radius 1 is 1.62 bits per heavy atom. The van der Waals surface area contributed by atoms with Crippen LogP contribution >= 0.6 is 0 Å². The van der Waals surface area contributed by atoms with Gasteiger partial charge >= 0.3 is 5.97 Å². The number of aromatic nitrogens is 1. The van der Waals surface area contributed by atoms with E-state index in [4.69, 9.17) is 5.11 Å². The Kier molecular flexibility index (Phi) is 1.52. The summed E-state index contributed by atoms with van der Waals surface area (Å²) in [5.41, 5.74) is -0.403. The Labute approximate surface area is 74.8 Å². The highest BCUT2D eigenvalue weighted by Crippen LogP contribution is 2.44. The Morgan fingerprint density at radius 3 is 2.77 bits per heavy atom. The largest absolute Gasteiger partial charge is 0.479 e. The topological polar surface area (TPSA) is 59.3 Å². The molecule has 1 aliphatic carbocycles. The van der Waals surface area contributed by atoms with Crippen LogP contribution in [0, 0.1) is 0 Å². The Balaban J connectivity index is 2.45. The zero-order valence-corrected chi connectivity index (χ0v) is 6.93. The zero-order valence-electron chi connectivity index (χ0n) is 6.93. The summed E-state index contributed by atoms with van der Waals surface area (Å²) in [4.78, 5) is 21.5. The van der Waals surface area contributed by atoms with Gasteiger partial charge in [-0.25, -0.2) is 4.79 Å². The fourth-order valence-corrected chi connectivity index (χ4v) is 1.56. The van der Waals surface area contributed by atoms with Crippen LogP contribution in [0.1, 0.15) is 23.3 Å². The number of rotatable bonds is 3. The van der Waals surface area contributed by atoms with Gasteiger partial charge in [0.2, 0.25) is 0 Å². The van der Waals surface area contributed by atoms with E-state index in [1.54, 1.807) is 22.9 Å². The van der Waals surface area contributed by atoms with Gasteiger partial charge in [0.15, 0.2) is 6.29 Å². The third-order valence-corrected chi connectivity index (χ3v) is 2.48. The molecule has 4 heteroatoms. The second-order valence-electron chi connectivity index (χ2n) is 3.26. The first kappa shape index (κ1) is 8.04. The maximum Gasteiger partial charge on any atom is 0.329 e. The average Bonchev–Trinajstić information content (AvgIpc) is 2.78. The molecule has 0 aromatic carbocycles. The van der Waals surface area contributed by atoms with Gasteiger partial charge in [0, 0.05) is 6.20 Å². The van der Waals surface area contributed by atoms with Crippen molar-refractivity contribution in [2.24, 2.45) is 0 Å². The van der Waals surface area contributed by atoms with Gasteiger partial charge in [-0.1, -0.05) is 0 Å². The fourth-order valence-electron chi connectivity index (χ4n) is 1.56. The summed E-state index contributed by atoms with van der Waals surface area (Å²) in [6, 6.07) is 3.31. The molecule has 0 saturated heterocycles. The smallest absolute Gasteiger partial charge is 0.329 e. The van der Waals surface area contributed by atoms with Crippen LogP contribution in [0.2, 0.25) is 0 Å². The molecule has 1 aromatic rings. The molecule has 4 nitrogen and oxygen atoms in total. The lowest BCUT2D eigenvalue weighted by Crippen LogP contribution is -2.28. The fraction of sp³-hybridized carbons (Fsp3) is 0.333. The van der Waals surface area contributed by atoms with E-state index in [9.17, 15) is 9.59 Å². The number of carboxylic acid groups (broad SMARTS) is 1. The number of aliphatic carboxylic acids is 1. The predicted molar refractivity (Wildman–Crippen MR) is 44.7 cm³/mol. The maximum atomic E-state index is 10.9. The molecule has 2 rings (SSSR count). The van der Waals surface area contributed by atoms with E-state index < -0.39 is 11.5 Å². The van der Waals surface area contributed by atoms with Crippen molar-refractivity contribution in [3.63, 3.8) is 0 Å². The number of carboxylic acids is 1. The number of carbonyl (C=O) groups is 2. The Bertz CT molecular complexity index is 363. The molecule has 0 radical (unpaired) electrons. The molecule has 1 saturated carbocycles. The van der Waals surface area contributed by atoms with Gasteiger partial charge in [-0.3, -0.25) is 4.79 Å². The van der Waals surface area contributed by atoms with Crippen LogP contribution in [-0.4, -0.2) is 21.9 Å². The third-order valence-electron chi connectivity index (χ3n) is 2.48. The molecular formula is C9H9NO3. The lowest BCUT2D eigenvalue weighted by Gasteiger charge is -2.13. The molecular weight excluding hydrogens is 170 g/mol. The molecule has 1 heterocycles. The number of nitrogens with zero attached hydrogens (tertiary/aromatic N) is 1. The van der Waals surface area contributed by atoms with Gasteiger partial charge < -0.3 is 9.67 Å². The highest BCUT2D eigenvalue weighted by molar-refractivity contribution is 5.82. The van der Waals surface area contributed by atoms with Crippen LogP contribution in [0.4, 0.5) is 0 Å². The van der Waals surface area contributed by atoms with E-state index in [-0.39, 0.29) is 0 Å². The molecule has 1 fully saturated rings. The molecule has 1 aromatic heterocycles. The number of aldehydes is 1. The third kappa shape index (κ3) is 0.983. The molecule has 0 aliphatic heterocycles. The summed E-state index contributed by atoms with van der Waals surface area (Å²) in [5.74, 6) is -0.855. The minimum atomic E-state index is -0.855. The molecule has 1 N–H and O–H groups in total. The average molecular weight is 179 g/mol. The first-order chi connectivity index (χ1) is 6.20. The zero-order chi connectivity index (χ0) is 9.47. The monoisotopic (exact) mass is 179 g/mol. The summed E-state index contributed by atoms with van der Waals surface area (Å²) >= 11 is 0. The maximum absolute atomic E-state index is 10.9. The van der Waals surface area contributed by atoms with Crippen molar-refractivity contribution in [2.45, 2.75) is 18.4 Å². The molecule has 13 heavy (non-hydrogen) atoms. The number of carbonyl (C=O) groups excluding carboxylic acids is 1. The number of hydrogen-bond donors (Lipinski definition) is 1. The van der Waals surface area contributed by atoms with Crippen molar-refractivity contribution in [1.82, 2.24) is 4.57 Å². The van der Waals surface area contributed by atoms with Crippen molar-refractivity contribution < 1.29 is 14.7 Å². The van der Waals surface area contributed by atoms with Crippen LogP contribution in [0.5, 0.6) is 0 Å². The quantitative estimate of drug-likeness (QED) is 0.700. The van der Waals surface area contributed by atoms with E-state index in [0.717, 1.165) is 0 Å². The Hall–Kier alpha value is -1.58. The van der Waals surface area contributed by atoms with Crippen molar-refractivity contribution in [1.29, 1.82) is 0 Å². The van der Waals surface area contributed by atoms with E-state index in [1.165, 1.54) is 0 Å². The summed E-state index contributed by atoms with van der Waals surface area (Å²) in [7, 11) is 0. The van der Waals surface area contributed by atoms with E-state index >= 15 is 0 Å². The van der Waals surface area contributed by atoms with Gasteiger partial charge in [0.05, 0.1) is 5.69 Å².